The summed E-state index contributed by atoms with van der Waals surface area (Å²) in [6.45, 7) is 0. The van der Waals surface area contributed by atoms with Gasteiger partial charge in [-0.25, -0.2) is 9.97 Å². The van der Waals surface area contributed by atoms with Crippen molar-refractivity contribution in [2.45, 2.75) is 6.42 Å². The highest BCUT2D eigenvalue weighted by Crippen LogP contribution is 2.21. The Balaban J connectivity index is 2.06. The molecular weight excluding hydrogens is 236 g/mol. The fraction of sp³-hybridized carbons (Fsp3) is 0.0833. The number of aliphatic carboxylic acids is 1. The minimum absolute atomic E-state index is 0.149. The lowest BCUT2D eigenvalue weighted by Crippen LogP contribution is -2.04. The van der Waals surface area contributed by atoms with Crippen LogP contribution in [0.3, 0.4) is 0 Å². The van der Waals surface area contributed by atoms with Crippen molar-refractivity contribution in [3.63, 3.8) is 0 Å². The summed E-state index contributed by atoms with van der Waals surface area (Å²) in [5, 5.41) is 17.7. The molecule has 0 fully saturated rings. The van der Waals surface area contributed by atoms with Crippen molar-refractivity contribution < 1.29 is 19.7 Å². The maximum absolute atomic E-state index is 10.4. The standard InChI is InChI=1S/C12H10N2O4/c15-8-1-3-9(4-2-8)18-10-6-13-11(14-7-10)5-12(16)17/h1-4,6-7,15H,5H2,(H,16,17). The maximum atomic E-state index is 10.4. The van der Waals surface area contributed by atoms with Gasteiger partial charge in [0.25, 0.3) is 0 Å². The quantitative estimate of drug-likeness (QED) is 0.851. The summed E-state index contributed by atoms with van der Waals surface area (Å²) in [5.41, 5.74) is 0. The Morgan fingerprint density at radius 1 is 1.11 bits per heavy atom. The zero-order chi connectivity index (χ0) is 13.0. The average molecular weight is 246 g/mol. The lowest BCUT2D eigenvalue weighted by atomic mass is 10.3. The summed E-state index contributed by atoms with van der Waals surface area (Å²) >= 11 is 0. The van der Waals surface area contributed by atoms with E-state index >= 15 is 0 Å². The monoisotopic (exact) mass is 246 g/mol. The van der Waals surface area contributed by atoms with Gasteiger partial charge in [-0.1, -0.05) is 0 Å². The van der Waals surface area contributed by atoms with Crippen LogP contribution in [0.5, 0.6) is 17.2 Å². The Labute approximate surface area is 103 Å². The first-order valence-electron chi connectivity index (χ1n) is 5.13. The molecule has 0 aliphatic carbocycles. The minimum atomic E-state index is -0.984. The van der Waals surface area contributed by atoms with Gasteiger partial charge in [-0.05, 0) is 24.3 Å². The summed E-state index contributed by atoms with van der Waals surface area (Å²) in [7, 11) is 0. The number of carbonyl (C=O) groups is 1. The number of hydrogen-bond donors (Lipinski definition) is 2. The first-order valence-corrected chi connectivity index (χ1v) is 5.13. The molecule has 18 heavy (non-hydrogen) atoms. The van der Waals surface area contributed by atoms with E-state index < -0.39 is 5.97 Å². The molecule has 0 aliphatic heterocycles. The van der Waals surface area contributed by atoms with Crippen molar-refractivity contribution in [2.75, 3.05) is 0 Å². The number of benzene rings is 1. The first-order chi connectivity index (χ1) is 8.63. The van der Waals surface area contributed by atoms with E-state index in [1.807, 2.05) is 0 Å². The number of phenolic OH excluding ortho intramolecular Hbond substituents is 1. The number of aromatic nitrogens is 2. The summed E-state index contributed by atoms with van der Waals surface area (Å²) < 4.78 is 5.41. The van der Waals surface area contributed by atoms with Crippen molar-refractivity contribution in [3.8, 4) is 17.2 Å². The van der Waals surface area contributed by atoms with Gasteiger partial charge in [0.05, 0.1) is 12.4 Å². The third-order valence-electron chi connectivity index (χ3n) is 2.06. The van der Waals surface area contributed by atoms with Crippen LogP contribution in [0.15, 0.2) is 36.7 Å². The largest absolute Gasteiger partial charge is 0.508 e. The zero-order valence-electron chi connectivity index (χ0n) is 9.28. The maximum Gasteiger partial charge on any atom is 0.311 e. The fourth-order valence-corrected chi connectivity index (χ4v) is 1.27. The molecule has 0 saturated carbocycles. The first kappa shape index (κ1) is 11.8. The van der Waals surface area contributed by atoms with Crippen LogP contribution < -0.4 is 4.74 Å². The van der Waals surface area contributed by atoms with Crippen molar-refractivity contribution >= 4 is 5.97 Å². The van der Waals surface area contributed by atoms with Gasteiger partial charge in [-0.2, -0.15) is 0 Å². The van der Waals surface area contributed by atoms with E-state index in [-0.39, 0.29) is 18.0 Å². The van der Waals surface area contributed by atoms with Crippen LogP contribution in [0.2, 0.25) is 0 Å². The number of aromatic hydroxyl groups is 1. The van der Waals surface area contributed by atoms with E-state index in [9.17, 15) is 4.79 Å². The van der Waals surface area contributed by atoms with Crippen molar-refractivity contribution in [1.82, 2.24) is 9.97 Å². The van der Waals surface area contributed by atoms with E-state index in [2.05, 4.69) is 9.97 Å². The van der Waals surface area contributed by atoms with E-state index in [0.29, 0.717) is 11.5 Å². The molecule has 6 nitrogen and oxygen atoms in total. The smallest absolute Gasteiger partial charge is 0.311 e. The number of carboxylic acid groups (broad SMARTS) is 1. The predicted octanol–water partition coefficient (Wildman–Crippen LogP) is 1.60. The summed E-state index contributed by atoms with van der Waals surface area (Å²) in [4.78, 5) is 18.2. The highest BCUT2D eigenvalue weighted by molar-refractivity contribution is 5.68. The Bertz CT molecular complexity index is 537. The van der Waals surface area contributed by atoms with Crippen LogP contribution in [-0.2, 0) is 11.2 Å². The Morgan fingerprint density at radius 3 is 2.28 bits per heavy atom. The van der Waals surface area contributed by atoms with E-state index in [1.54, 1.807) is 12.1 Å². The molecule has 1 aromatic heterocycles. The van der Waals surface area contributed by atoms with Crippen LogP contribution in [0.1, 0.15) is 5.82 Å². The van der Waals surface area contributed by atoms with Gasteiger partial charge in [-0.15, -0.1) is 0 Å². The van der Waals surface area contributed by atoms with Crippen LogP contribution in [0.4, 0.5) is 0 Å². The van der Waals surface area contributed by atoms with Crippen LogP contribution in [0.25, 0.3) is 0 Å². The van der Waals surface area contributed by atoms with Gasteiger partial charge in [0.1, 0.15) is 23.7 Å². The molecule has 0 amide bonds. The van der Waals surface area contributed by atoms with E-state index in [4.69, 9.17) is 14.9 Å². The van der Waals surface area contributed by atoms with Crippen LogP contribution in [0, 0.1) is 0 Å². The summed E-state index contributed by atoms with van der Waals surface area (Å²) in [6, 6.07) is 6.19. The van der Waals surface area contributed by atoms with Gasteiger partial charge in [-0.3, -0.25) is 4.79 Å². The number of rotatable bonds is 4. The fourth-order valence-electron chi connectivity index (χ4n) is 1.27. The number of carboxylic acids is 1. The lowest BCUT2D eigenvalue weighted by molar-refractivity contribution is -0.136. The Hall–Kier alpha value is -2.63. The molecule has 0 bridgehead atoms. The van der Waals surface area contributed by atoms with Gasteiger partial charge in [0, 0.05) is 0 Å². The molecular formula is C12H10N2O4. The van der Waals surface area contributed by atoms with Crippen molar-refractivity contribution in [3.05, 3.63) is 42.5 Å². The second kappa shape index (κ2) is 5.13. The molecule has 0 spiro atoms. The second-order valence-electron chi connectivity index (χ2n) is 3.50. The zero-order valence-corrected chi connectivity index (χ0v) is 9.28. The summed E-state index contributed by atoms with van der Waals surface area (Å²) in [6.07, 6.45) is 2.58. The molecule has 1 heterocycles. The number of phenols is 1. The highest BCUT2D eigenvalue weighted by Gasteiger charge is 2.04. The van der Waals surface area contributed by atoms with E-state index in [1.165, 1.54) is 24.5 Å². The topological polar surface area (TPSA) is 92.5 Å². The van der Waals surface area contributed by atoms with Crippen molar-refractivity contribution in [2.24, 2.45) is 0 Å². The lowest BCUT2D eigenvalue weighted by Gasteiger charge is -2.05. The van der Waals surface area contributed by atoms with E-state index in [0.717, 1.165) is 0 Å². The SMILES string of the molecule is O=C(O)Cc1ncc(Oc2ccc(O)cc2)cn1. The van der Waals surface area contributed by atoms with Gasteiger partial charge in [0.15, 0.2) is 5.75 Å². The number of ether oxygens (including phenoxy) is 1. The number of nitrogens with zero attached hydrogens (tertiary/aromatic N) is 2. The van der Waals surface area contributed by atoms with Crippen LogP contribution >= 0.6 is 0 Å². The Kier molecular flexibility index (Phi) is 3.38. The highest BCUT2D eigenvalue weighted by atomic mass is 16.5. The third kappa shape index (κ3) is 3.18. The molecule has 92 valence electrons. The molecule has 0 radical (unpaired) electrons. The summed E-state index contributed by atoms with van der Waals surface area (Å²) in [5.74, 6) is 0.315. The van der Waals surface area contributed by atoms with Crippen molar-refractivity contribution in [1.29, 1.82) is 0 Å². The number of hydrogen-bond acceptors (Lipinski definition) is 5. The normalized spacial score (nSPS) is 10.0. The molecule has 0 aliphatic rings. The molecule has 0 saturated heterocycles. The molecule has 1 aromatic carbocycles. The predicted molar refractivity (Wildman–Crippen MR) is 61.6 cm³/mol. The van der Waals surface area contributed by atoms with Crippen LogP contribution in [-0.4, -0.2) is 26.2 Å². The van der Waals surface area contributed by atoms with Gasteiger partial charge in [0.2, 0.25) is 0 Å². The minimum Gasteiger partial charge on any atom is -0.508 e. The Morgan fingerprint density at radius 2 is 1.72 bits per heavy atom. The molecule has 2 rings (SSSR count). The average Bonchev–Trinajstić information content (AvgIpc) is 2.34. The molecule has 0 atom stereocenters. The molecule has 6 heteroatoms. The molecule has 0 unspecified atom stereocenters. The molecule has 2 aromatic rings. The van der Waals surface area contributed by atoms with Gasteiger partial charge >= 0.3 is 5.97 Å². The second-order valence-corrected chi connectivity index (χ2v) is 3.50. The molecule has 2 N–H and O–H groups in total. The van der Waals surface area contributed by atoms with Gasteiger partial charge < -0.3 is 14.9 Å². The third-order valence-corrected chi connectivity index (χ3v) is 2.06.